The van der Waals surface area contributed by atoms with Crippen LogP contribution < -0.4 is 5.73 Å². The highest BCUT2D eigenvalue weighted by molar-refractivity contribution is 5.99. The Kier molecular flexibility index (Phi) is 1.75. The van der Waals surface area contributed by atoms with Crippen LogP contribution in [0.25, 0.3) is 0 Å². The van der Waals surface area contributed by atoms with E-state index in [9.17, 15) is 9.59 Å². The molecule has 6 heteroatoms. The Morgan fingerprint density at radius 3 is 2.82 bits per heavy atom. The zero-order valence-corrected chi connectivity index (χ0v) is 5.48. The minimum absolute atomic E-state index is 0.263. The van der Waals surface area contributed by atoms with Crippen LogP contribution in [0.2, 0.25) is 0 Å². The number of rotatable bonds is 2. The van der Waals surface area contributed by atoms with Gasteiger partial charge in [0, 0.05) is 0 Å². The largest absolute Gasteiger partial charge is 0.481 e. The Bertz CT molecular complexity index is 235. The third-order valence-electron chi connectivity index (χ3n) is 1.12. The molecule has 0 spiro atoms. The average molecular weight is 158 g/mol. The van der Waals surface area contributed by atoms with Crippen molar-refractivity contribution in [1.82, 2.24) is 0 Å². The summed E-state index contributed by atoms with van der Waals surface area (Å²) < 4.78 is 4.58. The second kappa shape index (κ2) is 2.57. The van der Waals surface area contributed by atoms with Gasteiger partial charge in [-0.05, 0) is 0 Å². The fraction of sp³-hybridized carbons (Fsp3) is 0.400. The molecule has 1 rings (SSSR count). The van der Waals surface area contributed by atoms with Gasteiger partial charge >= 0.3 is 5.97 Å². The van der Waals surface area contributed by atoms with E-state index < -0.39 is 24.4 Å². The summed E-state index contributed by atoms with van der Waals surface area (Å²) in [6.45, 7) is 0. The minimum Gasteiger partial charge on any atom is -0.481 e. The number of ether oxygens (including phenoxy) is 1. The van der Waals surface area contributed by atoms with Crippen molar-refractivity contribution in [3.63, 3.8) is 0 Å². The van der Waals surface area contributed by atoms with Gasteiger partial charge in [-0.1, -0.05) is 0 Å². The van der Waals surface area contributed by atoms with Gasteiger partial charge in [0.05, 0.1) is 6.42 Å². The van der Waals surface area contributed by atoms with Crippen molar-refractivity contribution in [2.75, 3.05) is 0 Å². The number of nitrogens with zero attached hydrogens (tertiary/aromatic N) is 1. The summed E-state index contributed by atoms with van der Waals surface area (Å²) >= 11 is 0. The molecule has 0 radical (unpaired) electrons. The van der Waals surface area contributed by atoms with E-state index in [4.69, 9.17) is 10.8 Å². The number of carboxylic acids is 1. The number of amides is 1. The lowest BCUT2D eigenvalue weighted by Gasteiger charge is -2.02. The first kappa shape index (κ1) is 7.52. The third kappa shape index (κ3) is 1.66. The molecule has 1 aliphatic heterocycles. The maximum absolute atomic E-state index is 10.7. The summed E-state index contributed by atoms with van der Waals surface area (Å²) in [6.07, 6.45) is -1.43. The van der Waals surface area contributed by atoms with E-state index in [1.54, 1.807) is 0 Å². The van der Waals surface area contributed by atoms with Gasteiger partial charge in [0.25, 0.3) is 11.9 Å². The lowest BCUT2D eigenvalue weighted by molar-refractivity contribution is -0.141. The summed E-state index contributed by atoms with van der Waals surface area (Å²) in [5.41, 5.74) is 5.01. The van der Waals surface area contributed by atoms with Crippen LogP contribution in [0.5, 0.6) is 0 Å². The highest BCUT2D eigenvalue weighted by Crippen LogP contribution is 2.07. The van der Waals surface area contributed by atoms with Gasteiger partial charge in [0.15, 0.2) is 6.10 Å². The summed E-state index contributed by atoms with van der Waals surface area (Å²) in [6, 6.07) is -0.263. The van der Waals surface area contributed by atoms with Crippen LogP contribution in [0.1, 0.15) is 6.42 Å². The van der Waals surface area contributed by atoms with Gasteiger partial charge in [-0.2, -0.15) is 4.99 Å². The van der Waals surface area contributed by atoms with Gasteiger partial charge in [-0.25, -0.2) is 0 Å². The first-order valence-corrected chi connectivity index (χ1v) is 2.86. The fourth-order valence-electron chi connectivity index (χ4n) is 0.691. The van der Waals surface area contributed by atoms with Crippen molar-refractivity contribution < 1.29 is 19.4 Å². The first-order valence-electron chi connectivity index (χ1n) is 2.86. The Labute approximate surface area is 61.7 Å². The van der Waals surface area contributed by atoms with Crippen LogP contribution in [0.15, 0.2) is 4.99 Å². The Balaban J connectivity index is 2.53. The molecule has 6 nitrogen and oxygen atoms in total. The van der Waals surface area contributed by atoms with Crippen LogP contribution in [-0.2, 0) is 14.3 Å². The van der Waals surface area contributed by atoms with Crippen molar-refractivity contribution in [3.8, 4) is 0 Å². The molecule has 1 unspecified atom stereocenters. The van der Waals surface area contributed by atoms with E-state index in [1.807, 2.05) is 0 Å². The lowest BCUT2D eigenvalue weighted by Crippen LogP contribution is -2.23. The molecule has 1 atom stereocenters. The van der Waals surface area contributed by atoms with Gasteiger partial charge in [-0.3, -0.25) is 9.59 Å². The van der Waals surface area contributed by atoms with E-state index >= 15 is 0 Å². The molecule has 60 valence electrons. The summed E-state index contributed by atoms with van der Waals surface area (Å²) in [5.74, 6) is -1.75. The SMILES string of the molecule is NC1=NC(=O)C(CC(=O)O)O1. The number of hydrogen-bond acceptors (Lipinski definition) is 4. The highest BCUT2D eigenvalue weighted by atomic mass is 16.5. The Morgan fingerprint density at radius 2 is 2.45 bits per heavy atom. The minimum atomic E-state index is -1.12. The van der Waals surface area contributed by atoms with Crippen LogP contribution in [0.3, 0.4) is 0 Å². The molecule has 1 aliphatic rings. The van der Waals surface area contributed by atoms with E-state index in [1.165, 1.54) is 0 Å². The lowest BCUT2D eigenvalue weighted by atomic mass is 10.2. The van der Waals surface area contributed by atoms with Gasteiger partial charge in [0.1, 0.15) is 0 Å². The number of aliphatic imine (C=N–C) groups is 1. The van der Waals surface area contributed by atoms with Crippen molar-refractivity contribution in [3.05, 3.63) is 0 Å². The highest BCUT2D eigenvalue weighted by Gasteiger charge is 2.29. The molecule has 0 saturated carbocycles. The van der Waals surface area contributed by atoms with Crippen molar-refractivity contribution in [2.45, 2.75) is 12.5 Å². The van der Waals surface area contributed by atoms with Crippen LogP contribution in [0, 0.1) is 0 Å². The summed E-state index contributed by atoms with van der Waals surface area (Å²) in [7, 11) is 0. The number of aliphatic carboxylic acids is 1. The van der Waals surface area contributed by atoms with Crippen LogP contribution >= 0.6 is 0 Å². The van der Waals surface area contributed by atoms with Crippen molar-refractivity contribution in [2.24, 2.45) is 10.7 Å². The van der Waals surface area contributed by atoms with Gasteiger partial charge < -0.3 is 15.6 Å². The smallest absolute Gasteiger partial charge is 0.307 e. The molecular weight excluding hydrogens is 152 g/mol. The predicted octanol–water partition coefficient (Wildman–Crippen LogP) is -1.30. The van der Waals surface area contributed by atoms with Crippen molar-refractivity contribution in [1.29, 1.82) is 0 Å². The average Bonchev–Trinajstić information content (AvgIpc) is 2.09. The van der Waals surface area contributed by atoms with Crippen molar-refractivity contribution >= 4 is 17.9 Å². The molecular formula is C5H6N2O4. The number of carbonyl (C=O) groups excluding carboxylic acids is 1. The summed E-state index contributed by atoms with van der Waals surface area (Å²) in [5, 5.41) is 8.25. The van der Waals surface area contributed by atoms with E-state index in [2.05, 4.69) is 9.73 Å². The maximum Gasteiger partial charge on any atom is 0.307 e. The standard InChI is InChI=1S/C5H6N2O4/c6-5-7-4(10)2(11-5)1-3(8)9/h2H,1H2,(H,8,9)(H2,6,7,10). The summed E-state index contributed by atoms with van der Waals surface area (Å²) in [4.78, 5) is 23.9. The van der Waals surface area contributed by atoms with Crippen LogP contribution in [-0.4, -0.2) is 29.1 Å². The molecule has 0 aromatic heterocycles. The normalized spacial score (nSPS) is 22.7. The molecule has 1 heterocycles. The van der Waals surface area contributed by atoms with E-state index in [0.29, 0.717) is 0 Å². The monoisotopic (exact) mass is 158 g/mol. The first-order chi connectivity index (χ1) is 5.09. The second-order valence-electron chi connectivity index (χ2n) is 1.99. The number of hydrogen-bond donors (Lipinski definition) is 2. The number of carbonyl (C=O) groups is 2. The topological polar surface area (TPSA) is 102 Å². The predicted molar refractivity (Wildman–Crippen MR) is 33.8 cm³/mol. The second-order valence-corrected chi connectivity index (χ2v) is 1.99. The van der Waals surface area contributed by atoms with E-state index in [-0.39, 0.29) is 6.02 Å². The zero-order chi connectivity index (χ0) is 8.43. The maximum atomic E-state index is 10.7. The number of carboxylic acid groups (broad SMARTS) is 1. The number of amidine groups is 1. The molecule has 0 aromatic carbocycles. The molecule has 11 heavy (non-hydrogen) atoms. The van der Waals surface area contributed by atoms with Gasteiger partial charge in [0.2, 0.25) is 0 Å². The molecule has 0 aromatic rings. The Hall–Kier alpha value is -1.59. The number of nitrogens with two attached hydrogens (primary N) is 1. The zero-order valence-electron chi connectivity index (χ0n) is 5.48. The molecule has 1 amide bonds. The molecule has 0 saturated heterocycles. The quantitative estimate of drug-likeness (QED) is 0.520. The van der Waals surface area contributed by atoms with Crippen LogP contribution in [0.4, 0.5) is 0 Å². The third-order valence-corrected chi connectivity index (χ3v) is 1.12. The van der Waals surface area contributed by atoms with Gasteiger partial charge in [-0.15, -0.1) is 0 Å². The molecule has 0 fully saturated rings. The molecule has 3 N–H and O–H groups in total. The Morgan fingerprint density at radius 1 is 1.82 bits per heavy atom. The fourth-order valence-corrected chi connectivity index (χ4v) is 0.691. The van der Waals surface area contributed by atoms with E-state index in [0.717, 1.165) is 0 Å². The molecule has 0 bridgehead atoms. The molecule has 0 aliphatic carbocycles.